The lowest BCUT2D eigenvalue weighted by atomic mass is 9.92. The van der Waals surface area contributed by atoms with E-state index in [2.05, 4.69) is 42.5 Å². The van der Waals surface area contributed by atoms with E-state index in [1.54, 1.807) is 24.3 Å². The molecule has 2 aliphatic rings. The number of nitrogens with two attached hydrogens (primary N) is 1. The van der Waals surface area contributed by atoms with E-state index in [1.165, 1.54) is 72.1 Å². The van der Waals surface area contributed by atoms with Crippen molar-refractivity contribution < 1.29 is 78.6 Å². The van der Waals surface area contributed by atoms with Crippen LogP contribution in [0.3, 0.4) is 0 Å². The van der Waals surface area contributed by atoms with Gasteiger partial charge in [0.25, 0.3) is 0 Å². The van der Waals surface area contributed by atoms with E-state index in [0.29, 0.717) is 41.8 Å². The van der Waals surface area contributed by atoms with Crippen LogP contribution in [0.15, 0.2) is 97.1 Å². The number of hydrogen-bond acceptors (Lipinski definition) is 18. The van der Waals surface area contributed by atoms with Gasteiger partial charge in [0.2, 0.25) is 53.2 Å². The fourth-order valence-electron chi connectivity index (χ4n) is 9.87. The Morgan fingerprint density at radius 2 is 1.11 bits per heavy atom. The molecule has 4 aromatic carbocycles. The number of carboxylic acid groups (broad SMARTS) is 1. The van der Waals surface area contributed by atoms with Crippen LogP contribution in [-0.2, 0) is 67.2 Å². The molecule has 10 atom stereocenters. The summed E-state index contributed by atoms with van der Waals surface area (Å²) in [6.07, 6.45) is 2.13. The number of phenols is 3. The Balaban J connectivity index is 1.23. The molecule has 0 aromatic heterocycles. The molecule has 27 nitrogen and oxygen atoms in total. The van der Waals surface area contributed by atoms with Crippen molar-refractivity contribution in [3.8, 4) is 17.2 Å². The summed E-state index contributed by atoms with van der Waals surface area (Å²) in [5.74, 6) is -9.15. The molecule has 9 amide bonds. The third kappa shape index (κ3) is 19.8. The van der Waals surface area contributed by atoms with Crippen LogP contribution in [0.5, 0.6) is 17.2 Å². The fourth-order valence-corrected chi connectivity index (χ4v) is 10.4. The van der Waals surface area contributed by atoms with Gasteiger partial charge >= 0.3 is 5.97 Å². The molecule has 17 N–H and O–H groups in total. The van der Waals surface area contributed by atoms with Crippen molar-refractivity contribution in [1.82, 2.24) is 47.4 Å². The Morgan fingerprint density at radius 1 is 0.609 bits per heavy atom. The number of carbonyl (C=O) groups is 10. The first-order valence-corrected chi connectivity index (χ1v) is 29.5. The van der Waals surface area contributed by atoms with Crippen molar-refractivity contribution in [3.05, 3.63) is 119 Å². The number of para-hydroxylation sites is 1. The number of carbonyl (C=O) groups excluding carboxylic acids is 9. The first kappa shape index (κ1) is 67.1. The van der Waals surface area contributed by atoms with Crippen LogP contribution < -0.4 is 53.6 Å². The van der Waals surface area contributed by atoms with E-state index in [-0.39, 0.29) is 61.8 Å². The minimum absolute atomic E-state index is 0.0103. The van der Waals surface area contributed by atoms with Crippen molar-refractivity contribution in [1.29, 1.82) is 0 Å². The molecular formula is C59H75N11O16S. The average molecular weight is 1230 g/mol. The Hall–Kier alpha value is -8.99. The second-order valence-corrected chi connectivity index (χ2v) is 22.2. The van der Waals surface area contributed by atoms with Gasteiger partial charge in [0.15, 0.2) is 0 Å². The molecule has 28 heteroatoms. The fraction of sp³-hybridized carbons (Fsp3) is 0.424. The number of aromatic hydroxyl groups is 3. The van der Waals surface area contributed by atoms with Crippen molar-refractivity contribution in [3.63, 3.8) is 0 Å². The van der Waals surface area contributed by atoms with Crippen LogP contribution >= 0.6 is 11.8 Å². The number of aliphatic carboxylic acids is 1. The number of hydrogen-bond donors (Lipinski definition) is 16. The largest absolute Gasteiger partial charge is 0.508 e. The highest BCUT2D eigenvalue weighted by molar-refractivity contribution is 7.98. The number of fused-ring (bicyclic) bond motifs is 1. The highest BCUT2D eigenvalue weighted by atomic mass is 32.2. The number of nitrogens with one attached hydrogen (secondary N) is 9. The molecule has 1 fully saturated rings. The summed E-state index contributed by atoms with van der Waals surface area (Å²) in [6, 6.07) is 12.6. The van der Waals surface area contributed by atoms with Crippen LogP contribution in [0.4, 0.5) is 5.69 Å². The van der Waals surface area contributed by atoms with E-state index in [9.17, 15) is 63.9 Å². The summed E-state index contributed by atoms with van der Waals surface area (Å²) in [7, 11) is 0. The maximum absolute atomic E-state index is 15.2. The molecule has 6 rings (SSSR count). The highest BCUT2D eigenvalue weighted by Gasteiger charge is 2.41. The number of thioether (sulfide) groups is 1. The maximum atomic E-state index is 15.2. The number of phenolic OH excluding ortho intramolecular Hbond substituents is 3. The number of aliphatic hydroxyl groups is 2. The number of anilines is 1. The minimum atomic E-state index is -1.67. The summed E-state index contributed by atoms with van der Waals surface area (Å²) in [5.41, 5.74) is 9.43. The zero-order valence-electron chi connectivity index (χ0n) is 47.9. The van der Waals surface area contributed by atoms with Gasteiger partial charge in [-0.05, 0) is 109 Å². The minimum Gasteiger partial charge on any atom is -0.508 e. The predicted octanol–water partition coefficient (Wildman–Crippen LogP) is -1.90. The van der Waals surface area contributed by atoms with Gasteiger partial charge in [-0.25, -0.2) is 4.79 Å². The van der Waals surface area contributed by atoms with Gasteiger partial charge in [-0.1, -0.05) is 54.6 Å². The molecule has 0 radical (unpaired) electrons. The molecule has 0 unspecified atom stereocenters. The Morgan fingerprint density at radius 3 is 1.68 bits per heavy atom. The van der Waals surface area contributed by atoms with Crippen molar-refractivity contribution >= 4 is 76.6 Å². The molecule has 0 spiro atoms. The molecule has 4 aromatic rings. The summed E-state index contributed by atoms with van der Waals surface area (Å²) in [6.45, 7) is -1.07. The molecule has 87 heavy (non-hydrogen) atoms. The maximum Gasteiger partial charge on any atom is 0.328 e. The Bertz CT molecular complexity index is 3070. The summed E-state index contributed by atoms with van der Waals surface area (Å²) in [4.78, 5) is 138. The monoisotopic (exact) mass is 1230 g/mol. The van der Waals surface area contributed by atoms with E-state index in [0.717, 1.165) is 11.3 Å². The summed E-state index contributed by atoms with van der Waals surface area (Å²) >= 11 is 1.49. The second-order valence-electron chi connectivity index (χ2n) is 21.2. The summed E-state index contributed by atoms with van der Waals surface area (Å²) < 4.78 is 0. The number of rotatable bonds is 31. The quantitative estimate of drug-likeness (QED) is 0.0262. The smallest absolute Gasteiger partial charge is 0.328 e. The number of benzene rings is 4. The molecule has 1 saturated heterocycles. The Kier molecular flexibility index (Phi) is 25.1. The van der Waals surface area contributed by atoms with Crippen LogP contribution in [0.2, 0.25) is 0 Å². The normalized spacial score (nSPS) is 17.0. The van der Waals surface area contributed by atoms with E-state index < -0.39 is 133 Å². The predicted molar refractivity (Wildman–Crippen MR) is 317 cm³/mol. The van der Waals surface area contributed by atoms with Gasteiger partial charge in [-0.2, -0.15) is 11.8 Å². The first-order chi connectivity index (χ1) is 41.6. The molecule has 2 aliphatic heterocycles. The van der Waals surface area contributed by atoms with E-state index >= 15 is 9.59 Å². The standard InChI is InChI=1S/C59H75N11O16S/c1-32(51(77)69-47(30-71)53(79)62-29-50(76)64-48(31-72)59(85)86)63-54(80)43(24-33-9-15-37(73)16-10-33)67-57(83)49-8-5-22-70(49)58(84)46(26-35-13-19-39(75)20-14-35)68-56(82)45(27-36-28-61-42-7-4-3-6-40(36)42)66-55(81)44(25-34-11-17-38(74)18-12-34)65-52(78)41(60)21-23-87-2/h3-4,6-7,9-20,32,36,41,43-49,61,71-75H,5,8,21-31,60H2,1-2H3,(H,62,79)(H,63,80)(H,64,76)(H,65,78)(H,66,81)(H,67,83)(H,68,82)(H,69,77)(H,85,86)/t32-,36+,41-,43-,44-,45-,46-,47-,48-,49-/m0/s1. The number of amides is 9. The van der Waals surface area contributed by atoms with Crippen LogP contribution in [-0.4, -0.2) is 194 Å². The van der Waals surface area contributed by atoms with Gasteiger partial charge < -0.3 is 89.1 Å². The molecule has 2 heterocycles. The molecular weight excluding hydrogens is 1150 g/mol. The second kappa shape index (κ2) is 32.5. The lowest BCUT2D eigenvalue weighted by Gasteiger charge is -2.31. The summed E-state index contributed by atoms with van der Waals surface area (Å²) in [5, 5.41) is 81.8. The van der Waals surface area contributed by atoms with E-state index in [1.807, 2.05) is 35.8 Å². The number of aliphatic hydroxyl groups excluding tert-OH is 2. The highest BCUT2D eigenvalue weighted by Crippen LogP contribution is 2.34. The lowest BCUT2D eigenvalue weighted by molar-refractivity contribution is -0.143. The molecule has 468 valence electrons. The zero-order valence-corrected chi connectivity index (χ0v) is 48.7. The van der Waals surface area contributed by atoms with Crippen LogP contribution in [0.1, 0.15) is 60.8 Å². The SMILES string of the molecule is CSCC[C@H](N)C(=O)N[C@@H](Cc1ccc(O)cc1)C(=O)N[C@@H](C[C@@H]1CNc2ccccc21)C(=O)N[C@@H](Cc1ccc(O)cc1)C(=O)N1CCC[C@H]1C(=O)N[C@@H](Cc1ccc(O)cc1)C(=O)N[C@@H](C)C(=O)N[C@@H](CO)C(=O)NCC(=O)N[C@@H](CO)C(=O)O. The van der Waals surface area contributed by atoms with Gasteiger partial charge in [0, 0.05) is 44.0 Å². The van der Waals surface area contributed by atoms with E-state index in [4.69, 9.17) is 10.8 Å². The zero-order chi connectivity index (χ0) is 63.3. The first-order valence-electron chi connectivity index (χ1n) is 28.1. The molecule has 0 saturated carbocycles. The van der Waals surface area contributed by atoms with Crippen LogP contribution in [0.25, 0.3) is 0 Å². The Labute approximate surface area is 505 Å². The van der Waals surface area contributed by atoms with Crippen LogP contribution in [0, 0.1) is 0 Å². The van der Waals surface area contributed by atoms with Crippen molar-refractivity contribution in [2.75, 3.05) is 50.2 Å². The van der Waals surface area contributed by atoms with Gasteiger partial charge in [-0.15, -0.1) is 0 Å². The van der Waals surface area contributed by atoms with Crippen molar-refractivity contribution in [2.45, 2.75) is 112 Å². The third-order valence-electron chi connectivity index (χ3n) is 14.7. The van der Waals surface area contributed by atoms with Crippen molar-refractivity contribution in [2.24, 2.45) is 5.73 Å². The van der Waals surface area contributed by atoms with Gasteiger partial charge in [0.05, 0.1) is 25.8 Å². The van der Waals surface area contributed by atoms with Gasteiger partial charge in [-0.3, -0.25) is 43.2 Å². The average Bonchev–Trinajstić information content (AvgIpc) is 2.89. The molecule has 0 bridgehead atoms. The number of likely N-dealkylation sites (tertiary alicyclic amines) is 1. The van der Waals surface area contributed by atoms with Gasteiger partial charge in [0.1, 0.15) is 65.6 Å². The molecule has 0 aliphatic carbocycles. The lowest BCUT2D eigenvalue weighted by Crippen LogP contribution is -2.60. The third-order valence-corrected chi connectivity index (χ3v) is 15.4. The topological polar surface area (TPSA) is 430 Å². The number of nitrogens with zero attached hydrogens (tertiary/aromatic N) is 1. The number of carboxylic acids is 1.